The zero-order valence-electron chi connectivity index (χ0n) is 19.2. The number of piperazine rings is 1. The maximum absolute atomic E-state index is 13.0. The first-order chi connectivity index (χ1) is 15.0. The van der Waals surface area contributed by atoms with Gasteiger partial charge in [-0.15, -0.1) is 0 Å². The van der Waals surface area contributed by atoms with Crippen LogP contribution in [0.2, 0.25) is 0 Å². The molecular weight excluding hydrogens is 390 g/mol. The smallest absolute Gasteiger partial charge is 0.237 e. The van der Waals surface area contributed by atoms with E-state index in [0.717, 1.165) is 44.2 Å². The summed E-state index contributed by atoms with van der Waals surface area (Å²) in [6.07, 6.45) is 0. The largest absolute Gasteiger partial charge is 0.493 e. The highest BCUT2D eigenvalue weighted by atomic mass is 16.5. The zero-order chi connectivity index (χ0) is 22.2. The normalized spacial score (nSPS) is 15.1. The molecule has 1 amide bonds. The van der Waals surface area contributed by atoms with E-state index in [1.807, 2.05) is 35.2 Å². The standard InChI is InChI=1S/C25H35N3O3/c1-20(2)28(18-21-8-6-5-7-9-21)25(29)19-27-14-12-26(13-15-27)17-22-10-11-23(30-3)24(16-22)31-4/h5-11,16,20H,12-15,17-19H2,1-4H3. The molecule has 0 bridgehead atoms. The molecule has 3 rings (SSSR count). The Bertz CT molecular complexity index is 833. The number of hydrogen-bond acceptors (Lipinski definition) is 5. The number of benzene rings is 2. The van der Waals surface area contributed by atoms with Gasteiger partial charge in [-0.05, 0) is 37.1 Å². The fourth-order valence-corrected chi connectivity index (χ4v) is 3.96. The Morgan fingerprint density at radius 3 is 2.16 bits per heavy atom. The molecule has 0 unspecified atom stereocenters. The summed E-state index contributed by atoms with van der Waals surface area (Å²) >= 11 is 0. The molecule has 31 heavy (non-hydrogen) atoms. The van der Waals surface area contributed by atoms with Crippen LogP contribution in [0.5, 0.6) is 11.5 Å². The van der Waals surface area contributed by atoms with Crippen molar-refractivity contribution in [3.8, 4) is 11.5 Å². The molecule has 6 heteroatoms. The third kappa shape index (κ3) is 6.45. The van der Waals surface area contributed by atoms with Gasteiger partial charge in [0, 0.05) is 45.3 Å². The van der Waals surface area contributed by atoms with E-state index < -0.39 is 0 Å². The lowest BCUT2D eigenvalue weighted by atomic mass is 10.1. The molecule has 0 saturated carbocycles. The molecule has 168 valence electrons. The molecule has 0 atom stereocenters. The Labute approximate surface area is 186 Å². The second kappa shape index (κ2) is 11.2. The van der Waals surface area contributed by atoms with Gasteiger partial charge >= 0.3 is 0 Å². The molecule has 0 radical (unpaired) electrons. The molecule has 1 aliphatic heterocycles. The number of methoxy groups -OCH3 is 2. The number of carbonyl (C=O) groups excluding carboxylic acids is 1. The van der Waals surface area contributed by atoms with Crippen molar-refractivity contribution in [3.05, 3.63) is 59.7 Å². The number of nitrogens with zero attached hydrogens (tertiary/aromatic N) is 3. The lowest BCUT2D eigenvalue weighted by Gasteiger charge is -2.36. The third-order valence-corrected chi connectivity index (χ3v) is 5.82. The Balaban J connectivity index is 1.50. The van der Waals surface area contributed by atoms with E-state index in [1.165, 1.54) is 11.1 Å². The van der Waals surface area contributed by atoms with Crippen LogP contribution in [0.3, 0.4) is 0 Å². The molecule has 0 spiro atoms. The van der Waals surface area contributed by atoms with Gasteiger partial charge in [0.1, 0.15) is 0 Å². The highest BCUT2D eigenvalue weighted by molar-refractivity contribution is 5.78. The number of hydrogen-bond donors (Lipinski definition) is 0. The zero-order valence-corrected chi connectivity index (χ0v) is 19.2. The monoisotopic (exact) mass is 425 g/mol. The molecule has 1 aliphatic rings. The van der Waals surface area contributed by atoms with Crippen LogP contribution in [0, 0.1) is 0 Å². The summed E-state index contributed by atoms with van der Waals surface area (Å²) in [5.74, 6) is 1.71. The molecule has 2 aromatic rings. The number of carbonyl (C=O) groups is 1. The van der Waals surface area contributed by atoms with Gasteiger partial charge in [0.05, 0.1) is 20.8 Å². The fraction of sp³-hybridized carbons (Fsp3) is 0.480. The van der Waals surface area contributed by atoms with Crippen molar-refractivity contribution in [2.75, 3.05) is 46.9 Å². The van der Waals surface area contributed by atoms with E-state index in [4.69, 9.17) is 9.47 Å². The van der Waals surface area contributed by atoms with Crippen LogP contribution in [0.4, 0.5) is 0 Å². The Morgan fingerprint density at radius 2 is 1.55 bits per heavy atom. The lowest BCUT2D eigenvalue weighted by Crippen LogP contribution is -2.50. The van der Waals surface area contributed by atoms with Crippen molar-refractivity contribution >= 4 is 5.91 Å². The first-order valence-electron chi connectivity index (χ1n) is 11.0. The Morgan fingerprint density at radius 1 is 0.903 bits per heavy atom. The minimum Gasteiger partial charge on any atom is -0.493 e. The second-order valence-corrected chi connectivity index (χ2v) is 8.34. The summed E-state index contributed by atoms with van der Waals surface area (Å²) in [5, 5.41) is 0. The van der Waals surface area contributed by atoms with E-state index in [9.17, 15) is 4.79 Å². The summed E-state index contributed by atoms with van der Waals surface area (Å²) in [6, 6.07) is 16.5. The summed E-state index contributed by atoms with van der Waals surface area (Å²) in [7, 11) is 3.31. The van der Waals surface area contributed by atoms with Gasteiger partial charge in [-0.1, -0.05) is 36.4 Å². The average Bonchev–Trinajstić information content (AvgIpc) is 2.79. The van der Waals surface area contributed by atoms with E-state index in [0.29, 0.717) is 13.1 Å². The second-order valence-electron chi connectivity index (χ2n) is 8.34. The van der Waals surface area contributed by atoms with Gasteiger partial charge in [-0.2, -0.15) is 0 Å². The van der Waals surface area contributed by atoms with E-state index in [2.05, 4.69) is 41.8 Å². The molecule has 0 aliphatic carbocycles. The SMILES string of the molecule is COc1ccc(CN2CCN(CC(=O)N(Cc3ccccc3)C(C)C)CC2)cc1OC. The predicted molar refractivity (Wildman–Crippen MR) is 123 cm³/mol. The van der Waals surface area contributed by atoms with Gasteiger partial charge in [-0.3, -0.25) is 14.6 Å². The van der Waals surface area contributed by atoms with Crippen LogP contribution in [0.1, 0.15) is 25.0 Å². The van der Waals surface area contributed by atoms with E-state index in [1.54, 1.807) is 14.2 Å². The number of rotatable bonds is 9. The molecule has 1 saturated heterocycles. The van der Waals surface area contributed by atoms with Crippen molar-refractivity contribution in [2.24, 2.45) is 0 Å². The minimum absolute atomic E-state index is 0.180. The van der Waals surface area contributed by atoms with Crippen LogP contribution in [0.25, 0.3) is 0 Å². The van der Waals surface area contributed by atoms with Crippen LogP contribution < -0.4 is 9.47 Å². The molecule has 0 aromatic heterocycles. The topological polar surface area (TPSA) is 45.2 Å². The first kappa shape index (κ1) is 23.1. The van der Waals surface area contributed by atoms with Gasteiger partial charge in [-0.25, -0.2) is 0 Å². The maximum Gasteiger partial charge on any atom is 0.237 e. The van der Waals surface area contributed by atoms with E-state index in [-0.39, 0.29) is 11.9 Å². The quantitative estimate of drug-likeness (QED) is 0.617. The van der Waals surface area contributed by atoms with Crippen molar-refractivity contribution in [1.29, 1.82) is 0 Å². The summed E-state index contributed by atoms with van der Waals surface area (Å²) in [5.41, 5.74) is 2.38. The summed E-state index contributed by atoms with van der Waals surface area (Å²) in [6.45, 7) is 9.88. The predicted octanol–water partition coefficient (Wildman–Crippen LogP) is 3.26. The van der Waals surface area contributed by atoms with Crippen molar-refractivity contribution < 1.29 is 14.3 Å². The van der Waals surface area contributed by atoms with Crippen LogP contribution in [0.15, 0.2) is 48.5 Å². The van der Waals surface area contributed by atoms with Crippen molar-refractivity contribution in [2.45, 2.75) is 33.0 Å². The molecular formula is C25H35N3O3. The number of ether oxygens (including phenoxy) is 2. The summed E-state index contributed by atoms with van der Waals surface area (Å²) < 4.78 is 10.7. The fourth-order valence-electron chi connectivity index (χ4n) is 3.96. The summed E-state index contributed by atoms with van der Waals surface area (Å²) in [4.78, 5) is 19.7. The van der Waals surface area contributed by atoms with E-state index >= 15 is 0 Å². The minimum atomic E-state index is 0.180. The highest BCUT2D eigenvalue weighted by Crippen LogP contribution is 2.28. The molecule has 2 aromatic carbocycles. The van der Waals surface area contributed by atoms with Crippen LogP contribution in [-0.4, -0.2) is 73.6 Å². The average molecular weight is 426 g/mol. The van der Waals surface area contributed by atoms with Crippen LogP contribution >= 0.6 is 0 Å². The van der Waals surface area contributed by atoms with Crippen LogP contribution in [-0.2, 0) is 17.9 Å². The lowest BCUT2D eigenvalue weighted by molar-refractivity contribution is -0.135. The third-order valence-electron chi connectivity index (χ3n) is 5.82. The molecule has 0 N–H and O–H groups in total. The van der Waals surface area contributed by atoms with Gasteiger partial charge in [0.2, 0.25) is 5.91 Å². The van der Waals surface area contributed by atoms with Gasteiger partial charge in [0.25, 0.3) is 0 Å². The first-order valence-corrected chi connectivity index (χ1v) is 11.0. The molecule has 1 heterocycles. The Hall–Kier alpha value is -2.57. The van der Waals surface area contributed by atoms with Gasteiger partial charge in [0.15, 0.2) is 11.5 Å². The molecule has 1 fully saturated rings. The van der Waals surface area contributed by atoms with Crippen molar-refractivity contribution in [1.82, 2.24) is 14.7 Å². The van der Waals surface area contributed by atoms with Crippen molar-refractivity contribution in [3.63, 3.8) is 0 Å². The molecule has 6 nitrogen and oxygen atoms in total. The maximum atomic E-state index is 13.0. The Kier molecular flexibility index (Phi) is 8.32. The number of amides is 1. The van der Waals surface area contributed by atoms with Gasteiger partial charge < -0.3 is 14.4 Å². The highest BCUT2D eigenvalue weighted by Gasteiger charge is 2.23.